The first kappa shape index (κ1) is 18.4. The molecule has 1 aliphatic rings. The van der Waals surface area contributed by atoms with Crippen LogP contribution in [0.5, 0.6) is 5.75 Å². The molecule has 0 radical (unpaired) electrons. The zero-order valence-electron chi connectivity index (χ0n) is 13.9. The number of carbonyl (C=O) groups is 1. The summed E-state index contributed by atoms with van der Waals surface area (Å²) in [6.45, 7) is 3.99. The van der Waals surface area contributed by atoms with Gasteiger partial charge in [0, 0.05) is 9.79 Å². The van der Waals surface area contributed by atoms with Crippen molar-refractivity contribution in [1.82, 2.24) is 5.32 Å². The zero-order chi connectivity index (χ0) is 17.2. The SMILES string of the molecule is C1CCNC1.CC(=O)COc1cccc(S(=O)c2ccccc2)c1. The number of benzene rings is 2. The third kappa shape index (κ3) is 6.26. The Morgan fingerprint density at radius 2 is 1.71 bits per heavy atom. The van der Waals surface area contributed by atoms with Crippen LogP contribution < -0.4 is 10.1 Å². The van der Waals surface area contributed by atoms with Crippen LogP contribution in [0.3, 0.4) is 0 Å². The fraction of sp³-hybridized carbons (Fsp3) is 0.316. The Hall–Kier alpha value is -1.98. The molecule has 1 aliphatic heterocycles. The van der Waals surface area contributed by atoms with Gasteiger partial charge in [0.2, 0.25) is 0 Å². The van der Waals surface area contributed by atoms with Gasteiger partial charge >= 0.3 is 0 Å². The van der Waals surface area contributed by atoms with Crippen molar-refractivity contribution < 1.29 is 13.7 Å². The molecule has 0 aromatic heterocycles. The number of carbonyl (C=O) groups excluding carboxylic acids is 1. The lowest BCUT2D eigenvalue weighted by Gasteiger charge is -2.06. The Kier molecular flexibility index (Phi) is 7.65. The number of ketones is 1. The fourth-order valence-electron chi connectivity index (χ4n) is 2.17. The predicted molar refractivity (Wildman–Crippen MR) is 95.8 cm³/mol. The highest BCUT2D eigenvalue weighted by molar-refractivity contribution is 7.85. The summed E-state index contributed by atoms with van der Waals surface area (Å²) < 4.78 is 17.6. The number of Topliss-reactive ketones (excluding diaryl/α,β-unsaturated/α-hetero) is 1. The van der Waals surface area contributed by atoms with Crippen LogP contribution >= 0.6 is 0 Å². The molecule has 1 atom stereocenters. The van der Waals surface area contributed by atoms with Gasteiger partial charge in [0.15, 0.2) is 5.78 Å². The van der Waals surface area contributed by atoms with Gasteiger partial charge in [0.05, 0.1) is 10.8 Å². The Bertz CT molecular complexity index is 662. The second kappa shape index (κ2) is 10.0. The molecule has 1 fully saturated rings. The molecule has 0 aliphatic carbocycles. The maximum atomic E-state index is 12.3. The van der Waals surface area contributed by atoms with Crippen molar-refractivity contribution in [2.45, 2.75) is 29.6 Å². The summed E-state index contributed by atoms with van der Waals surface area (Å²) in [4.78, 5) is 12.3. The minimum atomic E-state index is -1.24. The van der Waals surface area contributed by atoms with Gasteiger partial charge in [-0.15, -0.1) is 0 Å². The number of ether oxygens (including phenoxy) is 1. The Labute approximate surface area is 145 Å². The minimum absolute atomic E-state index is 0.0292. The largest absolute Gasteiger partial charge is 0.486 e. The van der Waals surface area contributed by atoms with Crippen LogP contribution in [-0.4, -0.2) is 29.7 Å². The summed E-state index contributed by atoms with van der Waals surface area (Å²) in [7, 11) is -1.24. The van der Waals surface area contributed by atoms with E-state index in [0.29, 0.717) is 10.6 Å². The lowest BCUT2D eigenvalue weighted by Crippen LogP contribution is -2.06. The quantitative estimate of drug-likeness (QED) is 0.904. The van der Waals surface area contributed by atoms with Crippen LogP contribution in [0.25, 0.3) is 0 Å². The molecule has 0 saturated carbocycles. The van der Waals surface area contributed by atoms with Gasteiger partial charge in [-0.3, -0.25) is 4.79 Å². The summed E-state index contributed by atoms with van der Waals surface area (Å²) in [5, 5.41) is 3.22. The molecule has 0 amide bonds. The third-order valence-electron chi connectivity index (χ3n) is 3.38. The summed E-state index contributed by atoms with van der Waals surface area (Å²) in [6.07, 6.45) is 2.78. The van der Waals surface area contributed by atoms with Crippen molar-refractivity contribution >= 4 is 16.6 Å². The molecule has 128 valence electrons. The van der Waals surface area contributed by atoms with Gasteiger partial charge in [-0.2, -0.15) is 0 Å². The summed E-state index contributed by atoms with van der Waals surface area (Å²) >= 11 is 0. The summed E-state index contributed by atoms with van der Waals surface area (Å²) in [5.41, 5.74) is 0. The van der Waals surface area contributed by atoms with Crippen LogP contribution in [0.2, 0.25) is 0 Å². The molecule has 0 spiro atoms. The fourth-order valence-corrected chi connectivity index (χ4v) is 3.27. The van der Waals surface area contributed by atoms with Crippen molar-refractivity contribution in [3.8, 4) is 5.75 Å². The Morgan fingerprint density at radius 3 is 2.29 bits per heavy atom. The Morgan fingerprint density at radius 1 is 1.04 bits per heavy atom. The molecule has 4 nitrogen and oxygen atoms in total. The maximum absolute atomic E-state index is 12.3. The molecule has 2 aromatic carbocycles. The van der Waals surface area contributed by atoms with Gasteiger partial charge in [0.1, 0.15) is 12.4 Å². The van der Waals surface area contributed by atoms with Gasteiger partial charge in [0.25, 0.3) is 0 Å². The zero-order valence-corrected chi connectivity index (χ0v) is 14.7. The normalized spacial score (nSPS) is 14.4. The van der Waals surface area contributed by atoms with E-state index in [0.717, 1.165) is 4.90 Å². The molecule has 1 heterocycles. The van der Waals surface area contributed by atoms with Gasteiger partial charge in [-0.25, -0.2) is 4.21 Å². The van der Waals surface area contributed by atoms with E-state index >= 15 is 0 Å². The summed E-state index contributed by atoms with van der Waals surface area (Å²) in [6, 6.07) is 16.2. The first-order chi connectivity index (χ1) is 11.7. The van der Waals surface area contributed by atoms with Crippen LogP contribution in [0.4, 0.5) is 0 Å². The van der Waals surface area contributed by atoms with Crippen molar-refractivity contribution in [2.24, 2.45) is 0 Å². The molecule has 1 unspecified atom stereocenters. The second-order valence-corrected chi connectivity index (χ2v) is 6.98. The van der Waals surface area contributed by atoms with E-state index in [1.165, 1.54) is 32.9 Å². The van der Waals surface area contributed by atoms with E-state index in [4.69, 9.17) is 4.74 Å². The maximum Gasteiger partial charge on any atom is 0.167 e. The molecule has 0 bridgehead atoms. The van der Waals surface area contributed by atoms with E-state index < -0.39 is 10.8 Å². The highest BCUT2D eigenvalue weighted by Crippen LogP contribution is 2.20. The first-order valence-corrected chi connectivity index (χ1v) is 9.21. The minimum Gasteiger partial charge on any atom is -0.486 e. The highest BCUT2D eigenvalue weighted by Gasteiger charge is 2.07. The van der Waals surface area contributed by atoms with Crippen LogP contribution in [0, 0.1) is 0 Å². The molecule has 3 rings (SSSR count). The van der Waals surface area contributed by atoms with E-state index in [9.17, 15) is 9.00 Å². The van der Waals surface area contributed by atoms with Gasteiger partial charge < -0.3 is 10.1 Å². The smallest absolute Gasteiger partial charge is 0.167 e. The van der Waals surface area contributed by atoms with Crippen LogP contribution in [0.15, 0.2) is 64.4 Å². The van der Waals surface area contributed by atoms with E-state index in [-0.39, 0.29) is 12.4 Å². The second-order valence-electron chi connectivity index (χ2n) is 5.50. The standard InChI is InChI=1S/C15H14O3S.C4H9N/c1-12(16)11-18-13-6-5-9-15(10-13)19(17)14-7-3-2-4-8-14;1-2-4-5-3-1/h2-10H,11H2,1H3;5H,1-4H2. The molecule has 1 N–H and O–H groups in total. The molecule has 2 aromatic rings. The summed E-state index contributed by atoms with van der Waals surface area (Å²) in [5.74, 6) is 0.506. The molecular formula is C19H23NO3S. The predicted octanol–water partition coefficient (Wildman–Crippen LogP) is 3.19. The van der Waals surface area contributed by atoms with Crippen LogP contribution in [-0.2, 0) is 15.6 Å². The van der Waals surface area contributed by atoms with Crippen molar-refractivity contribution in [2.75, 3.05) is 19.7 Å². The number of hydrogen-bond acceptors (Lipinski definition) is 4. The number of rotatable bonds is 5. The van der Waals surface area contributed by atoms with Crippen molar-refractivity contribution in [3.05, 3.63) is 54.6 Å². The number of nitrogens with one attached hydrogen (secondary N) is 1. The monoisotopic (exact) mass is 345 g/mol. The van der Waals surface area contributed by atoms with Crippen molar-refractivity contribution in [1.29, 1.82) is 0 Å². The molecule has 5 heteroatoms. The van der Waals surface area contributed by atoms with E-state index in [1.807, 2.05) is 30.3 Å². The van der Waals surface area contributed by atoms with Crippen molar-refractivity contribution in [3.63, 3.8) is 0 Å². The van der Waals surface area contributed by atoms with E-state index in [2.05, 4.69) is 5.32 Å². The average molecular weight is 345 g/mol. The lowest BCUT2D eigenvalue weighted by atomic mass is 10.3. The Balaban J connectivity index is 0.000000355. The van der Waals surface area contributed by atoms with E-state index in [1.54, 1.807) is 24.3 Å². The number of hydrogen-bond donors (Lipinski definition) is 1. The average Bonchev–Trinajstić information content (AvgIpc) is 3.20. The highest BCUT2D eigenvalue weighted by atomic mass is 32.2. The molecule has 1 saturated heterocycles. The first-order valence-electron chi connectivity index (χ1n) is 8.06. The van der Waals surface area contributed by atoms with Gasteiger partial charge in [-0.1, -0.05) is 24.3 Å². The van der Waals surface area contributed by atoms with Crippen LogP contribution in [0.1, 0.15) is 19.8 Å². The lowest BCUT2D eigenvalue weighted by molar-refractivity contribution is -0.118. The molecule has 24 heavy (non-hydrogen) atoms. The topological polar surface area (TPSA) is 55.4 Å². The van der Waals surface area contributed by atoms with Gasteiger partial charge in [-0.05, 0) is 63.2 Å². The third-order valence-corrected chi connectivity index (χ3v) is 4.76. The molecular weight excluding hydrogens is 322 g/mol.